The maximum absolute atomic E-state index is 14.8. The van der Waals surface area contributed by atoms with Crippen LogP contribution in [-0.2, 0) is 78.4 Å². The number of nitrogens with zero attached hydrogens (tertiary/aromatic N) is 2. The molecule has 3 fully saturated rings. The van der Waals surface area contributed by atoms with Crippen molar-refractivity contribution < 1.29 is 86.1 Å². The Balaban J connectivity index is 1.83. The number of fused-ring (bicyclic) bond motifs is 5. The summed E-state index contributed by atoms with van der Waals surface area (Å²) in [7, 11) is 1.35. The SMILES string of the molecule is C/C=C(\C)C(=O)O[C@H]1[C@@H](OC(=O)c2ccc(=O)n(C)c2)[C@@H]2OC(=O)[C@@H](C)[C@@H](C)c3ncccc3C(=O)OC[C@]3(C)O[C@@]4(C(OC(C)=O)[C@H]3[C@@H](OC(C)=O)[C@@H](OC(C)=O)[C@]14COC(C)=O)[C@]2(C)O. The van der Waals surface area contributed by atoms with Gasteiger partial charge >= 0.3 is 47.8 Å². The molecule has 2 aromatic rings. The van der Waals surface area contributed by atoms with Crippen molar-refractivity contribution in [3.63, 3.8) is 0 Å². The number of carbonyl (C=O) groups is 8. The van der Waals surface area contributed by atoms with E-state index in [1.54, 1.807) is 6.92 Å². The minimum Gasteiger partial charge on any atom is -0.465 e. The fraction of sp³-hybridized carbons (Fsp3) is 0.565. The van der Waals surface area contributed by atoms with Crippen LogP contribution in [0.5, 0.6) is 0 Å². The molecule has 6 rings (SSSR count). The molecule has 21 nitrogen and oxygen atoms in total. The fourth-order valence-electron chi connectivity index (χ4n) is 10.1. The molecule has 0 aromatic carbocycles. The first kappa shape index (κ1) is 49.9. The second kappa shape index (κ2) is 18.3. The topological polar surface area (TPSA) is 275 Å². The van der Waals surface area contributed by atoms with Gasteiger partial charge in [-0.15, -0.1) is 0 Å². The summed E-state index contributed by atoms with van der Waals surface area (Å²) in [5, 5.41) is 13.8. The number of hydrogen-bond donors (Lipinski definition) is 1. The molecular formula is C46H54N2O19. The Hall–Kier alpha value is -6.48. The lowest BCUT2D eigenvalue weighted by Crippen LogP contribution is -2.89. The summed E-state index contributed by atoms with van der Waals surface area (Å²) < 4.78 is 57.2. The van der Waals surface area contributed by atoms with Crippen LogP contribution < -0.4 is 5.56 Å². The zero-order valence-corrected chi connectivity index (χ0v) is 38.8. The van der Waals surface area contributed by atoms with E-state index in [0.29, 0.717) is 0 Å². The highest BCUT2D eigenvalue weighted by Gasteiger charge is 2.92. The summed E-state index contributed by atoms with van der Waals surface area (Å²) in [6, 6.07) is 5.04. The zero-order chi connectivity index (χ0) is 49.7. The highest BCUT2D eigenvalue weighted by atomic mass is 16.7. The summed E-state index contributed by atoms with van der Waals surface area (Å²) in [5.74, 6) is -12.4. The lowest BCUT2D eigenvalue weighted by molar-refractivity contribution is -0.386. The zero-order valence-electron chi connectivity index (χ0n) is 38.8. The summed E-state index contributed by atoms with van der Waals surface area (Å²) >= 11 is 0. The van der Waals surface area contributed by atoms with Crippen LogP contribution >= 0.6 is 0 Å². The fourth-order valence-corrected chi connectivity index (χ4v) is 10.1. The molecule has 1 N–H and O–H groups in total. The van der Waals surface area contributed by atoms with Crippen LogP contribution in [0.4, 0.5) is 0 Å². The quantitative estimate of drug-likeness (QED) is 0.214. The van der Waals surface area contributed by atoms with E-state index in [2.05, 4.69) is 4.98 Å². The molecule has 2 aromatic heterocycles. The van der Waals surface area contributed by atoms with Crippen molar-refractivity contribution in [2.75, 3.05) is 13.2 Å². The molecule has 4 bridgehead atoms. The molecule has 4 aliphatic rings. The third-order valence-electron chi connectivity index (χ3n) is 13.4. The lowest BCUT2D eigenvalue weighted by atomic mass is 9.45. The van der Waals surface area contributed by atoms with Gasteiger partial charge in [0.2, 0.25) is 5.56 Å². The first-order valence-corrected chi connectivity index (χ1v) is 21.4. The molecule has 0 radical (unpaired) electrons. The number of ether oxygens (including phenoxy) is 9. The monoisotopic (exact) mass is 938 g/mol. The predicted molar refractivity (Wildman–Crippen MR) is 224 cm³/mol. The standard InChI is InChI=1S/C46H54N2O19/c1-12-21(2)39(54)66-38-34(64-41(56)28-15-16-30(53)48(11)18-28)36-44(10,58)46-35(62-26(7)51)31(33(61-25(6)50)37(63-27(8)52)45(38,46)20-59-24(5)49)43(9,67-46)19-60-42(57)29-14-13-17-47-32(29)22(3)23(4)40(55)65-36/h12-18,22-23,31,33-38,58H,19-20H2,1-11H3/b21-12+/t22-,23+,31-,33-,34+,35?,36+,37-,38+,43+,44-,45-,46+/m1/s1. The number of carbonyl (C=O) groups excluding carboxylic acids is 8. The Bertz CT molecular complexity index is 2480. The summed E-state index contributed by atoms with van der Waals surface area (Å²) in [5.41, 5.74) is -11.6. The van der Waals surface area contributed by atoms with Gasteiger partial charge in [0.1, 0.15) is 42.0 Å². The van der Waals surface area contributed by atoms with Crippen molar-refractivity contribution in [3.05, 3.63) is 75.5 Å². The van der Waals surface area contributed by atoms with Gasteiger partial charge in [-0.25, -0.2) is 14.4 Å². The van der Waals surface area contributed by atoms with Gasteiger partial charge in [-0.2, -0.15) is 0 Å². The number of allylic oxidation sites excluding steroid dienone is 1. The van der Waals surface area contributed by atoms with E-state index in [0.717, 1.165) is 57.5 Å². The summed E-state index contributed by atoms with van der Waals surface area (Å²) in [6.07, 6.45) is -8.94. The Labute approximate surface area is 384 Å². The predicted octanol–water partition coefficient (Wildman–Crippen LogP) is 1.97. The van der Waals surface area contributed by atoms with Crippen molar-refractivity contribution in [1.29, 1.82) is 0 Å². The summed E-state index contributed by atoms with van der Waals surface area (Å²) in [6.45, 7) is 10.3. The van der Waals surface area contributed by atoms with Crippen LogP contribution in [0.2, 0.25) is 0 Å². The number of cyclic esters (lactones) is 1. The largest absolute Gasteiger partial charge is 0.465 e. The number of esters is 8. The molecule has 21 heteroatoms. The van der Waals surface area contributed by atoms with Gasteiger partial charge < -0.3 is 52.3 Å². The van der Waals surface area contributed by atoms with E-state index in [1.165, 1.54) is 59.1 Å². The Morgan fingerprint density at radius 2 is 1.46 bits per heavy atom. The highest BCUT2D eigenvalue weighted by molar-refractivity contribution is 5.91. The van der Waals surface area contributed by atoms with E-state index in [-0.39, 0.29) is 22.4 Å². The third-order valence-corrected chi connectivity index (χ3v) is 13.4. The molecule has 4 heterocycles. The van der Waals surface area contributed by atoms with Crippen LogP contribution in [-0.4, -0.2) is 129 Å². The molecule has 362 valence electrons. The van der Waals surface area contributed by atoms with Gasteiger partial charge in [-0.3, -0.25) is 33.8 Å². The Morgan fingerprint density at radius 1 is 0.836 bits per heavy atom. The van der Waals surface area contributed by atoms with E-state index < -0.39 is 143 Å². The van der Waals surface area contributed by atoms with Crippen molar-refractivity contribution in [2.45, 2.75) is 129 Å². The normalized spacial score (nSPS) is 34.5. The van der Waals surface area contributed by atoms with E-state index >= 15 is 0 Å². The Kier molecular flexibility index (Phi) is 13.6. The average Bonchev–Trinajstić information content (AvgIpc) is 3.48. The molecule has 1 spiro atoms. The molecule has 1 saturated heterocycles. The van der Waals surface area contributed by atoms with Crippen LogP contribution in [0.1, 0.15) is 102 Å². The lowest BCUT2D eigenvalue weighted by Gasteiger charge is -2.67. The number of rotatable bonds is 9. The van der Waals surface area contributed by atoms with Crippen LogP contribution in [0.15, 0.2) is 53.1 Å². The minimum atomic E-state index is -2.96. The third kappa shape index (κ3) is 8.36. The molecule has 13 atom stereocenters. The number of aryl methyl sites for hydroxylation is 1. The molecule has 67 heavy (non-hydrogen) atoms. The highest BCUT2D eigenvalue weighted by Crippen LogP contribution is 2.70. The number of pyridine rings is 2. The van der Waals surface area contributed by atoms with Gasteiger partial charge in [0, 0.05) is 64.7 Å². The second-order valence-corrected chi connectivity index (χ2v) is 17.8. The Morgan fingerprint density at radius 3 is 2.06 bits per heavy atom. The van der Waals surface area contributed by atoms with Crippen LogP contribution in [0, 0.1) is 17.3 Å². The first-order valence-electron chi connectivity index (χ1n) is 21.4. The van der Waals surface area contributed by atoms with E-state index in [1.807, 2.05) is 0 Å². The van der Waals surface area contributed by atoms with Crippen molar-refractivity contribution >= 4 is 47.8 Å². The van der Waals surface area contributed by atoms with E-state index in [4.69, 9.17) is 42.6 Å². The van der Waals surface area contributed by atoms with Gasteiger partial charge in [-0.05, 0) is 45.9 Å². The maximum Gasteiger partial charge on any atom is 0.340 e. The average molecular weight is 939 g/mol. The molecule has 0 amide bonds. The van der Waals surface area contributed by atoms with E-state index in [9.17, 15) is 48.3 Å². The molecular weight excluding hydrogens is 885 g/mol. The first-order chi connectivity index (χ1) is 31.3. The van der Waals surface area contributed by atoms with Gasteiger partial charge in [0.05, 0.1) is 28.7 Å². The van der Waals surface area contributed by atoms with Gasteiger partial charge in [0.25, 0.3) is 0 Å². The van der Waals surface area contributed by atoms with Crippen LogP contribution in [0.3, 0.4) is 0 Å². The maximum atomic E-state index is 14.8. The smallest absolute Gasteiger partial charge is 0.340 e. The second-order valence-electron chi connectivity index (χ2n) is 17.8. The molecule has 2 saturated carbocycles. The van der Waals surface area contributed by atoms with Crippen LogP contribution in [0.25, 0.3) is 0 Å². The number of aliphatic hydroxyl groups is 1. The van der Waals surface area contributed by atoms with Crippen molar-refractivity contribution in [2.24, 2.45) is 24.3 Å². The molecule has 2 aliphatic carbocycles. The number of hydrogen-bond acceptors (Lipinski definition) is 20. The van der Waals surface area contributed by atoms with Crippen molar-refractivity contribution in [3.8, 4) is 0 Å². The molecule has 2 aliphatic heterocycles. The number of aromatic nitrogens is 2. The van der Waals surface area contributed by atoms with Gasteiger partial charge in [-0.1, -0.05) is 19.9 Å². The minimum absolute atomic E-state index is 0.0728. The van der Waals surface area contributed by atoms with Crippen molar-refractivity contribution in [1.82, 2.24) is 9.55 Å². The summed E-state index contributed by atoms with van der Waals surface area (Å²) in [4.78, 5) is 128. The van der Waals surface area contributed by atoms with Gasteiger partial charge in [0.15, 0.2) is 30.0 Å². The molecule has 1 unspecified atom stereocenters.